The lowest BCUT2D eigenvalue weighted by Crippen LogP contribution is -2.22. The zero-order valence-corrected chi connectivity index (χ0v) is 13.0. The number of nitrogens with one attached hydrogen (secondary N) is 1. The SMILES string of the molecule is CCNC(c1ccc(OC)c(Cl)c1)c1cc(C)oc1C. The van der Waals surface area contributed by atoms with Crippen molar-refractivity contribution in [2.75, 3.05) is 13.7 Å². The topological polar surface area (TPSA) is 34.4 Å². The maximum Gasteiger partial charge on any atom is 0.137 e. The van der Waals surface area contributed by atoms with Gasteiger partial charge in [-0.05, 0) is 44.2 Å². The highest BCUT2D eigenvalue weighted by Gasteiger charge is 2.19. The molecular formula is C16H20ClNO2. The van der Waals surface area contributed by atoms with Gasteiger partial charge in [-0.25, -0.2) is 0 Å². The van der Waals surface area contributed by atoms with E-state index >= 15 is 0 Å². The quantitative estimate of drug-likeness (QED) is 0.894. The average Bonchev–Trinajstić information content (AvgIpc) is 2.74. The third-order valence-corrected chi connectivity index (χ3v) is 3.60. The van der Waals surface area contributed by atoms with Gasteiger partial charge >= 0.3 is 0 Å². The van der Waals surface area contributed by atoms with E-state index in [1.165, 1.54) is 0 Å². The zero-order chi connectivity index (χ0) is 14.7. The molecule has 2 aromatic rings. The van der Waals surface area contributed by atoms with E-state index in [-0.39, 0.29) is 6.04 Å². The lowest BCUT2D eigenvalue weighted by Gasteiger charge is -2.19. The molecule has 0 bridgehead atoms. The Bertz CT molecular complexity index is 592. The minimum Gasteiger partial charge on any atom is -0.495 e. The molecule has 0 amide bonds. The summed E-state index contributed by atoms with van der Waals surface area (Å²) in [7, 11) is 1.62. The second-order valence-corrected chi connectivity index (χ2v) is 5.16. The summed E-state index contributed by atoms with van der Waals surface area (Å²) in [4.78, 5) is 0. The van der Waals surface area contributed by atoms with Gasteiger partial charge in [0.1, 0.15) is 17.3 Å². The van der Waals surface area contributed by atoms with E-state index in [9.17, 15) is 0 Å². The van der Waals surface area contributed by atoms with Gasteiger partial charge in [0, 0.05) is 5.56 Å². The minimum atomic E-state index is 0.0702. The van der Waals surface area contributed by atoms with Crippen molar-refractivity contribution in [3.63, 3.8) is 0 Å². The van der Waals surface area contributed by atoms with Gasteiger partial charge in [-0.2, -0.15) is 0 Å². The summed E-state index contributed by atoms with van der Waals surface area (Å²) >= 11 is 6.23. The molecule has 1 N–H and O–H groups in total. The lowest BCUT2D eigenvalue weighted by atomic mass is 9.98. The largest absolute Gasteiger partial charge is 0.495 e. The molecule has 0 fully saturated rings. The summed E-state index contributed by atoms with van der Waals surface area (Å²) in [5, 5.41) is 4.09. The summed E-state index contributed by atoms with van der Waals surface area (Å²) in [5.41, 5.74) is 2.24. The molecule has 4 heteroatoms. The fraction of sp³-hybridized carbons (Fsp3) is 0.375. The molecule has 0 aliphatic carbocycles. The first-order chi connectivity index (χ1) is 9.56. The van der Waals surface area contributed by atoms with Gasteiger partial charge in [-0.15, -0.1) is 0 Å². The molecule has 0 radical (unpaired) electrons. The standard InChI is InChI=1S/C16H20ClNO2/c1-5-18-16(13-8-10(2)20-11(13)3)12-6-7-15(19-4)14(17)9-12/h6-9,16,18H,5H2,1-4H3. The predicted octanol–water partition coefficient (Wildman–Crippen LogP) is 4.26. The van der Waals surface area contributed by atoms with Gasteiger partial charge in [0.15, 0.2) is 0 Å². The zero-order valence-electron chi connectivity index (χ0n) is 12.3. The average molecular weight is 294 g/mol. The van der Waals surface area contributed by atoms with Crippen molar-refractivity contribution in [2.45, 2.75) is 26.8 Å². The third-order valence-electron chi connectivity index (χ3n) is 3.31. The number of rotatable bonds is 5. The van der Waals surface area contributed by atoms with Crippen LogP contribution in [0, 0.1) is 13.8 Å². The van der Waals surface area contributed by atoms with E-state index in [0.29, 0.717) is 10.8 Å². The van der Waals surface area contributed by atoms with Crippen LogP contribution in [0.3, 0.4) is 0 Å². The van der Waals surface area contributed by atoms with Crippen molar-refractivity contribution in [3.05, 3.63) is 51.9 Å². The van der Waals surface area contributed by atoms with Crippen molar-refractivity contribution >= 4 is 11.6 Å². The van der Waals surface area contributed by atoms with Crippen molar-refractivity contribution in [3.8, 4) is 5.75 Å². The lowest BCUT2D eigenvalue weighted by molar-refractivity contribution is 0.414. The number of benzene rings is 1. The highest BCUT2D eigenvalue weighted by atomic mass is 35.5. The van der Waals surface area contributed by atoms with Gasteiger partial charge in [0.2, 0.25) is 0 Å². The van der Waals surface area contributed by atoms with Crippen LogP contribution in [0.4, 0.5) is 0 Å². The molecule has 1 unspecified atom stereocenters. The smallest absolute Gasteiger partial charge is 0.137 e. The molecule has 1 aromatic heterocycles. The molecule has 1 aromatic carbocycles. The second kappa shape index (κ2) is 6.33. The van der Waals surface area contributed by atoms with Gasteiger partial charge in [-0.1, -0.05) is 24.6 Å². The maximum absolute atomic E-state index is 6.23. The molecule has 3 nitrogen and oxygen atoms in total. The summed E-state index contributed by atoms with van der Waals surface area (Å²) < 4.78 is 10.8. The van der Waals surface area contributed by atoms with Crippen LogP contribution in [0.2, 0.25) is 5.02 Å². The van der Waals surface area contributed by atoms with Crippen molar-refractivity contribution in [1.82, 2.24) is 5.32 Å². The van der Waals surface area contributed by atoms with Crippen molar-refractivity contribution in [2.24, 2.45) is 0 Å². The molecule has 0 spiro atoms. The molecule has 0 aliphatic heterocycles. The number of methoxy groups -OCH3 is 1. The van der Waals surface area contributed by atoms with Crippen molar-refractivity contribution < 1.29 is 9.15 Å². The maximum atomic E-state index is 6.23. The van der Waals surface area contributed by atoms with Gasteiger partial charge < -0.3 is 14.5 Å². The predicted molar refractivity (Wildman–Crippen MR) is 81.7 cm³/mol. The normalized spacial score (nSPS) is 12.4. The highest BCUT2D eigenvalue weighted by molar-refractivity contribution is 6.32. The first-order valence-corrected chi connectivity index (χ1v) is 7.08. The molecule has 1 atom stereocenters. The molecular weight excluding hydrogens is 274 g/mol. The Morgan fingerprint density at radius 3 is 2.55 bits per heavy atom. The third kappa shape index (κ3) is 3.00. The Morgan fingerprint density at radius 2 is 2.05 bits per heavy atom. The molecule has 20 heavy (non-hydrogen) atoms. The van der Waals surface area contributed by atoms with Gasteiger partial charge in [0.05, 0.1) is 18.2 Å². The number of halogens is 1. The fourth-order valence-electron chi connectivity index (χ4n) is 2.41. The summed E-state index contributed by atoms with van der Waals surface area (Å²) in [6.45, 7) is 6.89. The summed E-state index contributed by atoms with van der Waals surface area (Å²) in [6.07, 6.45) is 0. The first kappa shape index (κ1) is 14.9. The molecule has 2 rings (SSSR count). The van der Waals surface area contributed by atoms with Crippen LogP contribution in [-0.2, 0) is 0 Å². The van der Waals surface area contributed by atoms with E-state index < -0.39 is 0 Å². The second-order valence-electron chi connectivity index (χ2n) is 4.75. The molecule has 0 saturated carbocycles. The summed E-state index contributed by atoms with van der Waals surface area (Å²) in [5.74, 6) is 2.53. The van der Waals surface area contributed by atoms with E-state index in [1.54, 1.807) is 7.11 Å². The molecule has 0 aliphatic rings. The van der Waals surface area contributed by atoms with Crippen LogP contribution < -0.4 is 10.1 Å². The number of hydrogen-bond donors (Lipinski definition) is 1. The van der Waals surface area contributed by atoms with Crippen LogP contribution in [0.15, 0.2) is 28.7 Å². The van der Waals surface area contributed by atoms with Crippen LogP contribution >= 0.6 is 11.6 Å². The number of ether oxygens (including phenoxy) is 1. The Morgan fingerprint density at radius 1 is 1.30 bits per heavy atom. The van der Waals surface area contributed by atoms with Crippen LogP contribution in [-0.4, -0.2) is 13.7 Å². The fourth-order valence-corrected chi connectivity index (χ4v) is 2.68. The van der Waals surface area contributed by atoms with E-state index in [1.807, 2.05) is 32.0 Å². The molecule has 1 heterocycles. The monoisotopic (exact) mass is 293 g/mol. The molecule has 108 valence electrons. The Balaban J connectivity index is 2.43. The van der Waals surface area contributed by atoms with Crippen LogP contribution in [0.25, 0.3) is 0 Å². The number of hydrogen-bond acceptors (Lipinski definition) is 3. The van der Waals surface area contributed by atoms with Gasteiger partial charge in [-0.3, -0.25) is 0 Å². The number of aryl methyl sites for hydroxylation is 2. The van der Waals surface area contributed by atoms with E-state index in [2.05, 4.69) is 18.3 Å². The highest BCUT2D eigenvalue weighted by Crippen LogP contribution is 2.32. The Kier molecular flexibility index (Phi) is 4.73. The van der Waals surface area contributed by atoms with Crippen molar-refractivity contribution in [1.29, 1.82) is 0 Å². The van der Waals surface area contributed by atoms with Crippen LogP contribution in [0.1, 0.15) is 35.6 Å². The Labute approximate surface area is 124 Å². The van der Waals surface area contributed by atoms with Crippen LogP contribution in [0.5, 0.6) is 5.75 Å². The van der Waals surface area contributed by atoms with E-state index in [4.69, 9.17) is 20.8 Å². The molecule has 0 saturated heterocycles. The minimum absolute atomic E-state index is 0.0702. The van der Waals surface area contributed by atoms with Gasteiger partial charge in [0.25, 0.3) is 0 Å². The van der Waals surface area contributed by atoms with E-state index in [0.717, 1.165) is 29.2 Å². The first-order valence-electron chi connectivity index (χ1n) is 6.70. The summed E-state index contributed by atoms with van der Waals surface area (Å²) in [6, 6.07) is 8.00. The Hall–Kier alpha value is -1.45. The number of furan rings is 1.